The number of hydrogen-bond acceptors (Lipinski definition) is 7. The van der Waals surface area contributed by atoms with Gasteiger partial charge in [-0.2, -0.15) is 18.2 Å². The van der Waals surface area contributed by atoms with Gasteiger partial charge in [0, 0.05) is 37.0 Å². The van der Waals surface area contributed by atoms with Crippen LogP contribution >= 0.6 is 11.8 Å². The summed E-state index contributed by atoms with van der Waals surface area (Å²) < 4.78 is 61.6. The standard InChI is InChI=1S/C22H24F4N6O2S/c1-31-8-6-15(14(23)11-31)28-16-3-2-7-32-17(16)9-13(21(32)35-22(24,25)26)19-29-18(34-30-19)10-27-20(33)12-4-5-12/h2-3,7,9,12,14-15,28H,4-6,8,10-11H2,1H3,(H,27,33)/t14-,15+/m0/s1. The van der Waals surface area contributed by atoms with Crippen LogP contribution in [0.4, 0.5) is 23.2 Å². The quantitative estimate of drug-likeness (QED) is 0.364. The SMILES string of the molecule is CN1CC[C@@H](Nc2cccn3c(SC(F)(F)F)c(-c4noc(CNC(=O)C5CC5)n4)cc23)[C@@H](F)C1. The second-order valence-corrected chi connectivity index (χ2v) is 9.96. The number of nitrogens with one attached hydrogen (secondary N) is 2. The number of likely N-dealkylation sites (tertiary alicyclic amines) is 1. The molecular formula is C22H24F4N6O2S. The predicted octanol–water partition coefficient (Wildman–Crippen LogP) is 4.08. The van der Waals surface area contributed by atoms with Crippen molar-refractivity contribution in [2.45, 2.75) is 48.6 Å². The van der Waals surface area contributed by atoms with E-state index in [9.17, 15) is 22.4 Å². The Morgan fingerprint density at radius 1 is 1.31 bits per heavy atom. The van der Waals surface area contributed by atoms with Crippen molar-refractivity contribution in [1.29, 1.82) is 0 Å². The molecule has 0 bridgehead atoms. The summed E-state index contributed by atoms with van der Waals surface area (Å²) in [6.45, 7) is 0.995. The molecule has 5 rings (SSSR count). The van der Waals surface area contributed by atoms with Crippen LogP contribution in [0.25, 0.3) is 16.9 Å². The molecule has 0 spiro atoms. The zero-order chi connectivity index (χ0) is 24.7. The third-order valence-corrected chi connectivity index (χ3v) is 6.97. The molecule has 13 heteroatoms. The van der Waals surface area contributed by atoms with Crippen LogP contribution in [0.3, 0.4) is 0 Å². The fourth-order valence-corrected chi connectivity index (χ4v) is 4.91. The number of rotatable bonds is 7. The maximum atomic E-state index is 14.6. The number of carbonyl (C=O) groups is 1. The van der Waals surface area contributed by atoms with Crippen molar-refractivity contribution < 1.29 is 26.9 Å². The minimum Gasteiger partial charge on any atom is -0.378 e. The van der Waals surface area contributed by atoms with Gasteiger partial charge in [0.15, 0.2) is 0 Å². The van der Waals surface area contributed by atoms with E-state index < -0.39 is 17.7 Å². The number of nitrogens with zero attached hydrogens (tertiary/aromatic N) is 4. The van der Waals surface area contributed by atoms with E-state index in [1.165, 1.54) is 16.7 Å². The molecule has 0 aromatic carbocycles. The molecule has 3 aromatic heterocycles. The lowest BCUT2D eigenvalue weighted by atomic mass is 10.0. The van der Waals surface area contributed by atoms with E-state index in [1.807, 2.05) is 11.9 Å². The molecule has 1 amide bonds. The van der Waals surface area contributed by atoms with Crippen LogP contribution in [-0.2, 0) is 11.3 Å². The zero-order valence-electron chi connectivity index (χ0n) is 18.8. The van der Waals surface area contributed by atoms with Crippen molar-refractivity contribution in [3.8, 4) is 11.4 Å². The molecule has 188 valence electrons. The second-order valence-electron chi connectivity index (χ2n) is 8.91. The molecule has 1 saturated carbocycles. The van der Waals surface area contributed by atoms with E-state index in [0.717, 1.165) is 12.8 Å². The number of hydrogen-bond donors (Lipinski definition) is 2. The van der Waals surface area contributed by atoms with Crippen LogP contribution in [0.2, 0.25) is 0 Å². The Morgan fingerprint density at radius 2 is 2.11 bits per heavy atom. The molecule has 35 heavy (non-hydrogen) atoms. The number of aromatic nitrogens is 3. The zero-order valence-corrected chi connectivity index (χ0v) is 19.6. The molecule has 3 aromatic rings. The van der Waals surface area contributed by atoms with Gasteiger partial charge in [-0.1, -0.05) is 5.16 Å². The summed E-state index contributed by atoms with van der Waals surface area (Å²) in [4.78, 5) is 18.0. The van der Waals surface area contributed by atoms with Crippen molar-refractivity contribution in [2.75, 3.05) is 25.5 Å². The van der Waals surface area contributed by atoms with Crippen molar-refractivity contribution in [3.05, 3.63) is 30.3 Å². The van der Waals surface area contributed by atoms with Gasteiger partial charge >= 0.3 is 5.51 Å². The predicted molar refractivity (Wildman–Crippen MR) is 122 cm³/mol. The first-order valence-electron chi connectivity index (χ1n) is 11.3. The number of carbonyl (C=O) groups excluding carboxylic acids is 1. The topological polar surface area (TPSA) is 87.7 Å². The number of amides is 1. The highest BCUT2D eigenvalue weighted by Gasteiger charge is 2.35. The van der Waals surface area contributed by atoms with E-state index in [2.05, 4.69) is 20.8 Å². The Bertz CT molecular complexity index is 1220. The summed E-state index contributed by atoms with van der Waals surface area (Å²) in [6.07, 6.45) is 2.65. The fraction of sp³-hybridized carbons (Fsp3) is 0.500. The van der Waals surface area contributed by atoms with Crippen LogP contribution in [0.5, 0.6) is 0 Å². The van der Waals surface area contributed by atoms with E-state index in [1.54, 1.807) is 12.1 Å². The van der Waals surface area contributed by atoms with Gasteiger partial charge in [-0.3, -0.25) is 4.79 Å². The van der Waals surface area contributed by atoms with Crippen LogP contribution in [0.15, 0.2) is 33.9 Å². The number of anilines is 1. The van der Waals surface area contributed by atoms with Crippen LogP contribution in [0.1, 0.15) is 25.2 Å². The van der Waals surface area contributed by atoms with Crippen molar-refractivity contribution in [3.63, 3.8) is 0 Å². The molecule has 1 aliphatic carbocycles. The van der Waals surface area contributed by atoms with E-state index in [0.29, 0.717) is 24.2 Å². The second kappa shape index (κ2) is 9.34. The number of pyridine rings is 1. The average molecular weight is 513 g/mol. The molecule has 2 aliphatic rings. The van der Waals surface area contributed by atoms with Gasteiger partial charge in [0.05, 0.1) is 34.4 Å². The highest BCUT2D eigenvalue weighted by Crippen LogP contribution is 2.44. The van der Waals surface area contributed by atoms with Gasteiger partial charge < -0.3 is 24.5 Å². The lowest BCUT2D eigenvalue weighted by Gasteiger charge is -2.33. The van der Waals surface area contributed by atoms with E-state index in [4.69, 9.17) is 4.52 Å². The largest absolute Gasteiger partial charge is 0.447 e. The number of fused-ring (bicyclic) bond motifs is 1. The molecule has 2 N–H and O–H groups in total. The maximum absolute atomic E-state index is 14.6. The van der Waals surface area contributed by atoms with Crippen molar-refractivity contribution in [2.24, 2.45) is 5.92 Å². The van der Waals surface area contributed by atoms with Crippen LogP contribution in [-0.4, -0.2) is 63.2 Å². The first-order valence-corrected chi connectivity index (χ1v) is 12.1. The third-order valence-electron chi connectivity index (χ3n) is 6.13. The summed E-state index contributed by atoms with van der Waals surface area (Å²) in [5, 5.41) is 9.60. The van der Waals surface area contributed by atoms with Crippen LogP contribution < -0.4 is 10.6 Å². The molecule has 0 unspecified atom stereocenters. The molecule has 4 heterocycles. The average Bonchev–Trinajstić information content (AvgIpc) is 3.44. The Morgan fingerprint density at radius 3 is 2.83 bits per heavy atom. The number of alkyl halides is 4. The Kier molecular flexibility index (Phi) is 6.38. The van der Waals surface area contributed by atoms with Gasteiger partial charge in [-0.15, -0.1) is 0 Å². The van der Waals surface area contributed by atoms with Gasteiger partial charge in [0.25, 0.3) is 0 Å². The summed E-state index contributed by atoms with van der Waals surface area (Å²) in [5.41, 5.74) is -3.48. The molecule has 2 fully saturated rings. The Balaban J connectivity index is 1.46. The summed E-state index contributed by atoms with van der Waals surface area (Å²) in [6, 6.07) is 4.40. The Labute approximate surface area is 202 Å². The normalized spacial score (nSPS) is 21.4. The van der Waals surface area contributed by atoms with E-state index in [-0.39, 0.29) is 59.0 Å². The first-order chi connectivity index (χ1) is 16.7. The third kappa shape index (κ3) is 5.40. The van der Waals surface area contributed by atoms with E-state index >= 15 is 0 Å². The molecule has 1 aliphatic heterocycles. The fourth-order valence-electron chi connectivity index (χ4n) is 4.18. The van der Waals surface area contributed by atoms with Crippen LogP contribution in [0, 0.1) is 5.92 Å². The van der Waals surface area contributed by atoms with Gasteiger partial charge in [-0.25, -0.2) is 4.39 Å². The Hall–Kier alpha value is -2.80. The monoisotopic (exact) mass is 512 g/mol. The summed E-state index contributed by atoms with van der Waals surface area (Å²) in [5.74, 6) is -0.0336. The number of thioether (sulfide) groups is 1. The minimum absolute atomic E-state index is 0.00171. The molecule has 2 atom stereocenters. The smallest absolute Gasteiger partial charge is 0.378 e. The minimum atomic E-state index is -4.56. The van der Waals surface area contributed by atoms with Crippen molar-refractivity contribution >= 4 is 28.9 Å². The number of halogens is 4. The molecule has 0 radical (unpaired) electrons. The maximum Gasteiger partial charge on any atom is 0.447 e. The summed E-state index contributed by atoms with van der Waals surface area (Å²) >= 11 is -0.283. The van der Waals surface area contributed by atoms with Gasteiger partial charge in [0.2, 0.25) is 17.6 Å². The first kappa shape index (κ1) is 23.9. The van der Waals surface area contributed by atoms with Gasteiger partial charge in [0.1, 0.15) is 6.17 Å². The van der Waals surface area contributed by atoms with Gasteiger partial charge in [-0.05, 0) is 44.5 Å². The number of piperidine rings is 1. The van der Waals surface area contributed by atoms with Crippen molar-refractivity contribution in [1.82, 2.24) is 24.8 Å². The summed E-state index contributed by atoms with van der Waals surface area (Å²) in [7, 11) is 1.85. The lowest BCUT2D eigenvalue weighted by molar-refractivity contribution is -0.122. The molecule has 8 nitrogen and oxygen atoms in total. The molecule has 1 saturated heterocycles. The highest BCUT2D eigenvalue weighted by molar-refractivity contribution is 8.00. The highest BCUT2D eigenvalue weighted by atomic mass is 32.2. The molecular weight excluding hydrogens is 488 g/mol. The lowest BCUT2D eigenvalue weighted by Crippen LogP contribution is -2.46.